The molecule has 0 saturated heterocycles. The Balaban J connectivity index is 1.59. The van der Waals surface area contributed by atoms with Crippen molar-refractivity contribution in [3.8, 4) is 0 Å². The third kappa shape index (κ3) is 4.06. The molecule has 4 rings (SSSR count). The van der Waals surface area contributed by atoms with Gasteiger partial charge >= 0.3 is 0 Å². The lowest BCUT2D eigenvalue weighted by molar-refractivity contribution is -0.123. The van der Waals surface area contributed by atoms with Crippen LogP contribution in [0.4, 0.5) is 13.9 Å². The summed E-state index contributed by atoms with van der Waals surface area (Å²) in [5.74, 6) is -1.30. The minimum atomic E-state index is -0.694. The molecule has 1 aliphatic carbocycles. The molecule has 1 aliphatic rings. The molecule has 148 valence electrons. The van der Waals surface area contributed by atoms with Gasteiger partial charge in [0, 0.05) is 37.5 Å². The van der Waals surface area contributed by atoms with E-state index in [0.717, 1.165) is 51.1 Å². The average molecular weight is 404 g/mol. The summed E-state index contributed by atoms with van der Waals surface area (Å²) in [5.41, 5.74) is 0.123. The van der Waals surface area contributed by atoms with Gasteiger partial charge in [-0.05, 0) is 25.3 Å². The van der Waals surface area contributed by atoms with Crippen LogP contribution in [0.5, 0.6) is 0 Å². The molecule has 1 saturated carbocycles. The minimum absolute atomic E-state index is 0.0180. The first-order chi connectivity index (χ1) is 13.6. The number of nitrogens with zero attached hydrogens (tertiary/aromatic N) is 4. The molecule has 2 heterocycles. The zero-order valence-corrected chi connectivity index (χ0v) is 16.3. The Morgan fingerprint density at radius 1 is 1.25 bits per heavy atom. The maximum Gasteiger partial charge on any atom is 0.231 e. The molecule has 0 unspecified atom stereocenters. The van der Waals surface area contributed by atoms with E-state index in [0.29, 0.717) is 16.4 Å². The number of rotatable bonds is 6. The Bertz CT molecular complexity index is 951. The minimum Gasteiger partial charge on any atom is -0.337 e. The summed E-state index contributed by atoms with van der Waals surface area (Å²) >= 11 is 1.17. The zero-order chi connectivity index (χ0) is 19.5. The molecule has 5 nitrogen and oxygen atoms in total. The quantitative estimate of drug-likeness (QED) is 0.594. The summed E-state index contributed by atoms with van der Waals surface area (Å²) in [6.45, 7) is 1.21. The van der Waals surface area contributed by atoms with E-state index in [2.05, 4.69) is 9.97 Å². The molecular formula is C20H22F2N4OS. The molecular weight excluding hydrogens is 382 g/mol. The molecule has 3 aromatic rings. The fourth-order valence-corrected chi connectivity index (χ4v) is 4.80. The first-order valence-electron chi connectivity index (χ1n) is 9.64. The predicted molar refractivity (Wildman–Crippen MR) is 105 cm³/mol. The predicted octanol–water partition coefficient (Wildman–Crippen LogP) is 4.77. The summed E-state index contributed by atoms with van der Waals surface area (Å²) < 4.78 is 30.0. The highest BCUT2D eigenvalue weighted by molar-refractivity contribution is 7.22. The maximum absolute atomic E-state index is 14.1. The Morgan fingerprint density at radius 2 is 2.07 bits per heavy atom. The summed E-state index contributed by atoms with van der Waals surface area (Å²) in [5, 5.41) is 0.445. The second-order valence-electron chi connectivity index (χ2n) is 7.21. The van der Waals surface area contributed by atoms with Crippen molar-refractivity contribution >= 4 is 32.6 Å². The van der Waals surface area contributed by atoms with Gasteiger partial charge in [0.15, 0.2) is 10.9 Å². The number of amides is 1. The summed E-state index contributed by atoms with van der Waals surface area (Å²) in [6.07, 6.45) is 11.1. The van der Waals surface area contributed by atoms with E-state index in [9.17, 15) is 13.6 Å². The lowest BCUT2D eigenvalue weighted by atomic mass is 9.88. The fourth-order valence-electron chi connectivity index (χ4n) is 3.76. The fraction of sp³-hybridized carbons (Fsp3) is 0.450. The molecule has 1 aromatic carbocycles. The number of fused-ring (bicyclic) bond motifs is 1. The summed E-state index contributed by atoms with van der Waals surface area (Å²) in [7, 11) is 0. The molecule has 0 aliphatic heterocycles. The van der Waals surface area contributed by atoms with Crippen LogP contribution in [0.15, 0.2) is 30.9 Å². The van der Waals surface area contributed by atoms with Crippen molar-refractivity contribution < 1.29 is 13.6 Å². The van der Waals surface area contributed by atoms with Crippen molar-refractivity contribution in [2.75, 3.05) is 11.4 Å². The van der Waals surface area contributed by atoms with Crippen LogP contribution >= 0.6 is 11.3 Å². The van der Waals surface area contributed by atoms with Crippen LogP contribution in [0.25, 0.3) is 10.2 Å². The summed E-state index contributed by atoms with van der Waals surface area (Å²) in [4.78, 5) is 23.3. The number of halogens is 2. The van der Waals surface area contributed by atoms with Gasteiger partial charge in [-0.2, -0.15) is 0 Å². The van der Waals surface area contributed by atoms with Gasteiger partial charge in [-0.3, -0.25) is 9.69 Å². The second kappa shape index (κ2) is 8.34. The van der Waals surface area contributed by atoms with E-state index in [-0.39, 0.29) is 17.3 Å². The van der Waals surface area contributed by atoms with E-state index in [1.165, 1.54) is 17.4 Å². The topological polar surface area (TPSA) is 51.0 Å². The number of aryl methyl sites for hydroxylation is 1. The molecule has 0 spiro atoms. The van der Waals surface area contributed by atoms with E-state index in [1.807, 2.05) is 10.8 Å². The average Bonchev–Trinajstić information content (AvgIpc) is 3.35. The zero-order valence-electron chi connectivity index (χ0n) is 15.5. The molecule has 28 heavy (non-hydrogen) atoms. The van der Waals surface area contributed by atoms with Gasteiger partial charge in [-0.1, -0.05) is 30.6 Å². The van der Waals surface area contributed by atoms with Gasteiger partial charge in [-0.15, -0.1) is 0 Å². The first kappa shape index (κ1) is 19.0. The lowest BCUT2D eigenvalue weighted by Gasteiger charge is -2.27. The van der Waals surface area contributed by atoms with Crippen molar-refractivity contribution in [2.24, 2.45) is 5.92 Å². The van der Waals surface area contributed by atoms with Crippen molar-refractivity contribution in [2.45, 2.75) is 45.1 Å². The first-order valence-corrected chi connectivity index (χ1v) is 10.5. The van der Waals surface area contributed by atoms with Gasteiger partial charge in [0.1, 0.15) is 11.3 Å². The van der Waals surface area contributed by atoms with Crippen LogP contribution < -0.4 is 4.90 Å². The largest absolute Gasteiger partial charge is 0.337 e. The molecule has 0 radical (unpaired) electrons. The Labute approximate surface area is 166 Å². The highest BCUT2D eigenvalue weighted by Gasteiger charge is 2.29. The molecule has 1 amide bonds. The third-order valence-corrected chi connectivity index (χ3v) is 6.24. The van der Waals surface area contributed by atoms with Crippen molar-refractivity contribution in [3.63, 3.8) is 0 Å². The van der Waals surface area contributed by atoms with Gasteiger partial charge < -0.3 is 4.57 Å². The van der Waals surface area contributed by atoms with Crippen molar-refractivity contribution in [1.82, 2.24) is 14.5 Å². The van der Waals surface area contributed by atoms with Gasteiger partial charge in [0.05, 0.1) is 11.0 Å². The van der Waals surface area contributed by atoms with Gasteiger partial charge in [0.2, 0.25) is 5.91 Å². The Morgan fingerprint density at radius 3 is 2.82 bits per heavy atom. The highest BCUT2D eigenvalue weighted by atomic mass is 32.1. The van der Waals surface area contributed by atoms with Crippen molar-refractivity contribution in [3.05, 3.63) is 42.5 Å². The van der Waals surface area contributed by atoms with E-state index >= 15 is 0 Å². The molecule has 1 fully saturated rings. The van der Waals surface area contributed by atoms with E-state index < -0.39 is 11.6 Å². The number of carbonyl (C=O) groups excluding carboxylic acids is 1. The molecule has 8 heteroatoms. The van der Waals surface area contributed by atoms with Gasteiger partial charge in [-0.25, -0.2) is 18.7 Å². The Hall–Kier alpha value is -2.35. The number of benzene rings is 1. The van der Waals surface area contributed by atoms with Crippen LogP contribution in [-0.4, -0.2) is 27.0 Å². The lowest BCUT2D eigenvalue weighted by Crippen LogP contribution is -2.38. The molecule has 0 bridgehead atoms. The van der Waals surface area contributed by atoms with Crippen LogP contribution in [-0.2, 0) is 11.3 Å². The van der Waals surface area contributed by atoms with Crippen LogP contribution in [0, 0.1) is 17.6 Å². The standard InChI is InChI=1S/C20H22F2N4OS/c21-15-11-16(22)18-17(12-15)28-20(24-18)26(9-4-8-25-10-7-23-13-25)19(27)14-5-2-1-3-6-14/h7,10-14H,1-6,8-9H2. The van der Waals surface area contributed by atoms with Crippen LogP contribution in [0.3, 0.4) is 0 Å². The molecule has 0 N–H and O–H groups in total. The van der Waals surface area contributed by atoms with Crippen LogP contribution in [0.2, 0.25) is 0 Å². The van der Waals surface area contributed by atoms with E-state index in [4.69, 9.17) is 0 Å². The number of hydrogen-bond donors (Lipinski definition) is 0. The number of thiazole rings is 1. The monoisotopic (exact) mass is 404 g/mol. The molecule has 0 atom stereocenters. The normalized spacial score (nSPS) is 15.2. The number of imidazole rings is 1. The third-order valence-electron chi connectivity index (χ3n) is 5.21. The number of aromatic nitrogens is 3. The Kier molecular flexibility index (Phi) is 5.66. The molecule has 2 aromatic heterocycles. The SMILES string of the molecule is O=C(C1CCCCC1)N(CCCn1ccnc1)c1nc2c(F)cc(F)cc2s1. The van der Waals surface area contributed by atoms with Crippen LogP contribution in [0.1, 0.15) is 38.5 Å². The smallest absolute Gasteiger partial charge is 0.231 e. The maximum atomic E-state index is 14.1. The number of anilines is 1. The highest BCUT2D eigenvalue weighted by Crippen LogP contribution is 2.34. The number of hydrogen-bond acceptors (Lipinski definition) is 4. The van der Waals surface area contributed by atoms with Crippen molar-refractivity contribution in [1.29, 1.82) is 0 Å². The van der Waals surface area contributed by atoms with E-state index in [1.54, 1.807) is 17.4 Å². The number of carbonyl (C=O) groups is 1. The summed E-state index contributed by atoms with van der Waals surface area (Å²) in [6, 6.07) is 2.10. The second-order valence-corrected chi connectivity index (χ2v) is 8.22. The van der Waals surface area contributed by atoms with Gasteiger partial charge in [0.25, 0.3) is 0 Å².